The van der Waals surface area contributed by atoms with E-state index in [1.165, 1.54) is 22.4 Å². The predicted molar refractivity (Wildman–Crippen MR) is 53.2 cm³/mol. The van der Waals surface area contributed by atoms with E-state index in [1.54, 1.807) is 11.3 Å². The average molecular weight is 182 g/mol. The van der Waals surface area contributed by atoms with Crippen molar-refractivity contribution >= 4 is 11.3 Å². The molecule has 0 spiro atoms. The van der Waals surface area contributed by atoms with E-state index in [2.05, 4.69) is 30.2 Å². The van der Waals surface area contributed by atoms with E-state index in [1.807, 2.05) is 0 Å². The van der Waals surface area contributed by atoms with Gasteiger partial charge in [-0.15, -0.1) is 17.7 Å². The molecule has 0 atom stereocenters. The zero-order valence-corrected chi connectivity index (χ0v) is 8.79. The van der Waals surface area contributed by atoms with Gasteiger partial charge in [-0.05, 0) is 5.38 Å². The second-order valence-electron chi connectivity index (χ2n) is 3.04. The van der Waals surface area contributed by atoms with E-state index in [0.717, 1.165) is 12.8 Å². The summed E-state index contributed by atoms with van der Waals surface area (Å²) in [7, 11) is 0. The summed E-state index contributed by atoms with van der Waals surface area (Å²) in [5.41, 5.74) is 2.61. The molecule has 13 heavy (non-hydrogen) atoms. The first-order valence-corrected chi connectivity index (χ1v) is 5.09. The summed E-state index contributed by atoms with van der Waals surface area (Å²) in [5, 5.41) is 2.08. The van der Waals surface area contributed by atoms with E-state index >= 15 is 0 Å². The summed E-state index contributed by atoms with van der Waals surface area (Å²) in [4.78, 5) is 1.23. The molecule has 2 rings (SSSR count). The second kappa shape index (κ2) is 4.86. The zero-order valence-electron chi connectivity index (χ0n) is 7.97. The van der Waals surface area contributed by atoms with Crippen molar-refractivity contribution in [2.24, 2.45) is 0 Å². The number of thiophene rings is 1. The van der Waals surface area contributed by atoms with Crippen molar-refractivity contribution in [3.8, 4) is 0 Å². The van der Waals surface area contributed by atoms with Gasteiger partial charge in [0.25, 0.3) is 0 Å². The van der Waals surface area contributed by atoms with Crippen molar-refractivity contribution in [1.29, 1.82) is 0 Å². The summed E-state index contributed by atoms with van der Waals surface area (Å²) < 4.78 is 0. The Morgan fingerprint density at radius 2 is 2.23 bits per heavy atom. The summed E-state index contributed by atoms with van der Waals surface area (Å²) in [6, 6.07) is 4.16. The van der Waals surface area contributed by atoms with Gasteiger partial charge in [0.05, 0.1) is 0 Å². The first kappa shape index (κ1) is 10.9. The van der Waals surface area contributed by atoms with Crippen molar-refractivity contribution in [2.45, 2.75) is 19.3 Å². The molecular weight excluding hydrogens is 171 g/mol. The molecule has 0 bridgehead atoms. The molecule has 2 heteroatoms. The summed E-state index contributed by atoms with van der Waals surface area (Å²) in [6.45, 7) is 4.02. The Bertz CT molecular complexity index is 309. The smallest absolute Gasteiger partial charge is 0.173 e. The van der Waals surface area contributed by atoms with E-state index in [0.29, 0.717) is 0 Å². The van der Waals surface area contributed by atoms with Gasteiger partial charge in [0, 0.05) is 0 Å². The third-order valence-corrected chi connectivity index (χ3v) is 2.91. The summed E-state index contributed by atoms with van der Waals surface area (Å²) in [5.74, 6) is 0. The molecule has 1 aromatic rings. The van der Waals surface area contributed by atoms with E-state index in [-0.39, 0.29) is 18.9 Å². The van der Waals surface area contributed by atoms with Crippen LogP contribution in [0.25, 0.3) is 0 Å². The van der Waals surface area contributed by atoms with Gasteiger partial charge >= 0.3 is 18.9 Å². The van der Waals surface area contributed by atoms with Crippen LogP contribution < -0.4 is 18.9 Å². The van der Waals surface area contributed by atoms with Crippen LogP contribution >= 0.6 is 11.3 Å². The molecule has 1 aliphatic rings. The van der Waals surface area contributed by atoms with Gasteiger partial charge in [-0.2, -0.15) is 29.6 Å². The van der Waals surface area contributed by atoms with Crippen molar-refractivity contribution in [3.63, 3.8) is 0 Å². The molecular formula is C11H11LiS. The van der Waals surface area contributed by atoms with Gasteiger partial charge in [-0.25, -0.2) is 0 Å². The van der Waals surface area contributed by atoms with E-state index in [4.69, 9.17) is 0 Å². The van der Waals surface area contributed by atoms with Crippen LogP contribution in [-0.4, -0.2) is 0 Å². The zero-order chi connectivity index (χ0) is 8.39. The quantitative estimate of drug-likeness (QED) is 0.440. The maximum absolute atomic E-state index is 4.02. The second-order valence-corrected chi connectivity index (χ2v) is 3.99. The Morgan fingerprint density at radius 1 is 1.38 bits per heavy atom. The third kappa shape index (κ3) is 2.61. The Kier molecular flexibility index (Phi) is 4.06. The predicted octanol–water partition coefficient (Wildman–Crippen LogP) is 0.570. The Hall–Kier alpha value is -0.223. The minimum absolute atomic E-state index is 0. The molecule has 0 aromatic carbocycles. The van der Waals surface area contributed by atoms with Crippen LogP contribution in [0.5, 0.6) is 0 Å². The number of hydrogen-bond donors (Lipinski definition) is 0. The van der Waals surface area contributed by atoms with Gasteiger partial charge in [-0.3, -0.25) is 0 Å². The minimum Gasteiger partial charge on any atom is -0.173 e. The Balaban J connectivity index is 0.000000845. The van der Waals surface area contributed by atoms with Crippen LogP contribution in [0.4, 0.5) is 0 Å². The van der Waals surface area contributed by atoms with Gasteiger partial charge < -0.3 is 0 Å². The molecule has 1 aromatic heterocycles. The number of allylic oxidation sites excluding steroid dienone is 2. The topological polar surface area (TPSA) is 0 Å². The molecule has 1 fully saturated rings. The van der Waals surface area contributed by atoms with Gasteiger partial charge in [0.2, 0.25) is 0 Å². The standard InChI is InChI=1S/C11H11S.Li/c1-9-4-2-5-10(9)8-11-6-3-7-12-11;/h3,6-7H,1-2,4-5H2;/q-1;+1. The maximum atomic E-state index is 4.02. The molecule has 0 radical (unpaired) electrons. The average Bonchev–Trinajstić information content (AvgIpc) is 2.65. The minimum atomic E-state index is 0. The van der Waals surface area contributed by atoms with Crippen molar-refractivity contribution in [3.05, 3.63) is 46.2 Å². The van der Waals surface area contributed by atoms with Crippen LogP contribution in [0.2, 0.25) is 0 Å². The third-order valence-electron chi connectivity index (χ3n) is 2.13. The van der Waals surface area contributed by atoms with Crippen LogP contribution in [0, 0.1) is 6.08 Å². The van der Waals surface area contributed by atoms with Crippen LogP contribution in [0.1, 0.15) is 24.1 Å². The molecule has 0 N–H and O–H groups in total. The first-order chi connectivity index (χ1) is 5.86. The van der Waals surface area contributed by atoms with Crippen molar-refractivity contribution in [2.75, 3.05) is 0 Å². The monoisotopic (exact) mass is 182 g/mol. The fraction of sp³-hybridized carbons (Fsp3) is 0.273. The molecule has 1 saturated carbocycles. The molecule has 0 aliphatic heterocycles. The molecule has 0 amide bonds. The van der Waals surface area contributed by atoms with Crippen molar-refractivity contribution < 1.29 is 18.9 Å². The maximum Gasteiger partial charge on any atom is 1.00 e. The van der Waals surface area contributed by atoms with Crippen molar-refractivity contribution in [1.82, 2.24) is 0 Å². The molecule has 0 unspecified atom stereocenters. The molecule has 0 nitrogen and oxygen atoms in total. The van der Waals surface area contributed by atoms with E-state index in [9.17, 15) is 0 Å². The van der Waals surface area contributed by atoms with E-state index < -0.39 is 0 Å². The van der Waals surface area contributed by atoms with Crippen LogP contribution in [0.3, 0.4) is 0 Å². The molecule has 62 valence electrons. The number of rotatable bonds is 1. The largest absolute Gasteiger partial charge is 1.00 e. The molecule has 1 aliphatic carbocycles. The SMILES string of the molecule is C=C1CCCC1=[C-]c1cccs1.[Li+]. The first-order valence-electron chi connectivity index (χ1n) is 4.21. The van der Waals surface area contributed by atoms with Gasteiger partial charge in [0.15, 0.2) is 0 Å². The summed E-state index contributed by atoms with van der Waals surface area (Å²) in [6.07, 6.45) is 6.99. The fourth-order valence-electron chi connectivity index (χ4n) is 1.46. The molecule has 0 saturated heterocycles. The Labute approximate surface area is 95.5 Å². The summed E-state index contributed by atoms with van der Waals surface area (Å²) >= 11 is 1.74. The van der Waals surface area contributed by atoms with Crippen LogP contribution in [-0.2, 0) is 0 Å². The van der Waals surface area contributed by atoms with Gasteiger partial charge in [-0.1, -0.05) is 24.1 Å². The molecule has 1 heterocycles. The normalized spacial score (nSPS) is 19.1. The fourth-order valence-corrected chi connectivity index (χ4v) is 2.10. The number of hydrogen-bond acceptors (Lipinski definition) is 1. The van der Waals surface area contributed by atoms with Gasteiger partial charge in [0.1, 0.15) is 0 Å². The van der Waals surface area contributed by atoms with Crippen LogP contribution in [0.15, 0.2) is 35.2 Å². The Morgan fingerprint density at radius 3 is 2.77 bits per heavy atom.